The summed E-state index contributed by atoms with van der Waals surface area (Å²) in [5.41, 5.74) is -0.278. The van der Waals surface area contributed by atoms with E-state index in [1.54, 1.807) is 30.3 Å². The summed E-state index contributed by atoms with van der Waals surface area (Å²) in [6.07, 6.45) is -3.88. The third-order valence-corrected chi connectivity index (χ3v) is 2.63. The average Bonchev–Trinajstić information content (AvgIpc) is 2.86. The fourth-order valence-corrected chi connectivity index (χ4v) is 1.77. The molecule has 0 amide bonds. The minimum absolute atomic E-state index is 0.216. The fraction of sp³-hybridized carbons (Fsp3) is 0.231. The molecule has 7 heteroatoms. The van der Waals surface area contributed by atoms with Gasteiger partial charge in [-0.1, -0.05) is 30.3 Å². The minimum atomic E-state index is -3.04. The van der Waals surface area contributed by atoms with Crippen molar-refractivity contribution in [1.29, 1.82) is 0 Å². The molecule has 1 aromatic carbocycles. The molecule has 1 unspecified atom stereocenters. The fourth-order valence-electron chi connectivity index (χ4n) is 1.77. The van der Waals surface area contributed by atoms with E-state index in [0.29, 0.717) is 5.56 Å². The van der Waals surface area contributed by atoms with Gasteiger partial charge in [0.25, 0.3) is 6.43 Å². The number of aromatic nitrogens is 1. The third kappa shape index (κ3) is 2.67. The lowest BCUT2D eigenvalue weighted by atomic mass is 10.1. The molecule has 2 aromatic rings. The van der Waals surface area contributed by atoms with Crippen molar-refractivity contribution in [2.24, 2.45) is 0 Å². The number of hydrogen-bond acceptors (Lipinski definition) is 4. The lowest BCUT2D eigenvalue weighted by molar-refractivity contribution is 0.0631. The molecule has 0 aliphatic heterocycles. The molecule has 0 aliphatic rings. The van der Waals surface area contributed by atoms with Crippen LogP contribution in [-0.2, 0) is 4.74 Å². The van der Waals surface area contributed by atoms with Gasteiger partial charge in [0.15, 0.2) is 11.8 Å². The van der Waals surface area contributed by atoms with Gasteiger partial charge in [0.1, 0.15) is 0 Å². The molecule has 106 valence electrons. The lowest BCUT2D eigenvalue weighted by Crippen LogP contribution is -2.04. The van der Waals surface area contributed by atoms with Gasteiger partial charge in [0.05, 0.1) is 0 Å². The predicted octanol–water partition coefficient (Wildman–Crippen LogP) is 3.05. The topological polar surface area (TPSA) is 72.6 Å². The van der Waals surface area contributed by atoms with Gasteiger partial charge in [0.2, 0.25) is 11.7 Å². The molecule has 20 heavy (non-hydrogen) atoms. The van der Waals surface area contributed by atoms with Crippen LogP contribution in [0, 0.1) is 0 Å². The number of rotatable bonds is 5. The van der Waals surface area contributed by atoms with E-state index in [-0.39, 0.29) is 5.89 Å². The highest BCUT2D eigenvalue weighted by molar-refractivity contribution is 5.85. The van der Waals surface area contributed by atoms with E-state index in [4.69, 9.17) is 14.3 Å². The van der Waals surface area contributed by atoms with Crippen molar-refractivity contribution in [3.63, 3.8) is 0 Å². The molecule has 0 saturated carbocycles. The van der Waals surface area contributed by atoms with E-state index >= 15 is 0 Å². The van der Waals surface area contributed by atoms with Gasteiger partial charge in [-0.25, -0.2) is 18.6 Å². The monoisotopic (exact) mass is 283 g/mol. The number of carbonyl (C=O) groups is 1. The third-order valence-electron chi connectivity index (χ3n) is 2.63. The van der Waals surface area contributed by atoms with Crippen molar-refractivity contribution < 1.29 is 27.8 Å². The van der Waals surface area contributed by atoms with Crippen LogP contribution >= 0.6 is 0 Å². The molecular weight excluding hydrogens is 272 g/mol. The van der Waals surface area contributed by atoms with Gasteiger partial charge in [-0.05, 0) is 5.56 Å². The first-order valence-electron chi connectivity index (χ1n) is 5.64. The molecule has 1 atom stereocenters. The number of nitrogens with zero attached hydrogens (tertiary/aromatic N) is 1. The quantitative estimate of drug-likeness (QED) is 0.913. The van der Waals surface area contributed by atoms with Crippen molar-refractivity contribution >= 4 is 5.97 Å². The van der Waals surface area contributed by atoms with Crippen LogP contribution < -0.4 is 0 Å². The Morgan fingerprint density at radius 1 is 1.35 bits per heavy atom. The number of aromatic carboxylic acids is 1. The Kier molecular flexibility index (Phi) is 4.09. The second kappa shape index (κ2) is 5.79. The largest absolute Gasteiger partial charge is 0.475 e. The number of methoxy groups -OCH3 is 1. The van der Waals surface area contributed by atoms with E-state index in [9.17, 15) is 13.6 Å². The summed E-state index contributed by atoms with van der Waals surface area (Å²) in [6, 6.07) is 8.63. The maximum absolute atomic E-state index is 12.7. The Balaban J connectivity index is 2.46. The van der Waals surface area contributed by atoms with Gasteiger partial charge < -0.3 is 14.3 Å². The molecule has 1 N–H and O–H groups in total. The van der Waals surface area contributed by atoms with Crippen LogP contribution in [0.3, 0.4) is 0 Å². The number of carboxylic acid groups (broad SMARTS) is 1. The molecular formula is C13H11F2NO4. The Hall–Kier alpha value is -2.28. The maximum atomic E-state index is 12.7. The van der Waals surface area contributed by atoms with Crippen molar-refractivity contribution in [3.05, 3.63) is 53.2 Å². The summed E-state index contributed by atoms with van der Waals surface area (Å²) in [7, 11) is 1.35. The number of alkyl halides is 2. The highest BCUT2D eigenvalue weighted by atomic mass is 19.3. The van der Waals surface area contributed by atoms with Crippen LogP contribution in [0.5, 0.6) is 0 Å². The zero-order valence-electron chi connectivity index (χ0n) is 10.4. The summed E-state index contributed by atoms with van der Waals surface area (Å²) >= 11 is 0. The molecule has 0 spiro atoms. The second-order valence-electron chi connectivity index (χ2n) is 3.90. The van der Waals surface area contributed by atoms with E-state index in [0.717, 1.165) is 0 Å². The van der Waals surface area contributed by atoms with E-state index < -0.39 is 30.0 Å². The molecule has 1 aromatic heterocycles. The average molecular weight is 283 g/mol. The first-order chi connectivity index (χ1) is 9.54. The molecule has 0 saturated heterocycles. The minimum Gasteiger partial charge on any atom is -0.475 e. The Labute approximate surface area is 112 Å². The van der Waals surface area contributed by atoms with Gasteiger partial charge in [0, 0.05) is 7.11 Å². The molecule has 5 nitrogen and oxygen atoms in total. The second-order valence-corrected chi connectivity index (χ2v) is 3.90. The zero-order valence-corrected chi connectivity index (χ0v) is 10.4. The maximum Gasteiger partial charge on any atom is 0.374 e. The summed E-state index contributed by atoms with van der Waals surface area (Å²) in [5.74, 6) is -2.68. The summed E-state index contributed by atoms with van der Waals surface area (Å²) in [4.78, 5) is 14.4. The first-order valence-corrected chi connectivity index (χ1v) is 5.64. The van der Waals surface area contributed by atoms with Crippen molar-refractivity contribution in [2.45, 2.75) is 12.5 Å². The zero-order chi connectivity index (χ0) is 14.7. The molecule has 2 rings (SSSR count). The van der Waals surface area contributed by atoms with Gasteiger partial charge >= 0.3 is 5.97 Å². The SMILES string of the molecule is COC(c1ccccc1)c1nc(C(F)F)c(C(=O)O)o1. The van der Waals surface area contributed by atoms with Crippen LogP contribution in [0.2, 0.25) is 0 Å². The predicted molar refractivity (Wildman–Crippen MR) is 63.7 cm³/mol. The first kappa shape index (κ1) is 14.1. The summed E-state index contributed by atoms with van der Waals surface area (Å²) in [5, 5.41) is 8.85. The number of oxazole rings is 1. The Morgan fingerprint density at radius 3 is 2.45 bits per heavy atom. The van der Waals surface area contributed by atoms with E-state index in [1.165, 1.54) is 7.11 Å². The number of benzene rings is 1. The lowest BCUT2D eigenvalue weighted by Gasteiger charge is -2.11. The van der Waals surface area contributed by atoms with Crippen LogP contribution in [-0.4, -0.2) is 23.2 Å². The standard InChI is InChI=1S/C13H11F2NO4/c1-19-9(7-5-3-2-4-6-7)12-16-8(11(14)15)10(20-12)13(17)18/h2-6,9,11H,1H3,(H,17,18). The highest BCUT2D eigenvalue weighted by Gasteiger charge is 2.29. The van der Waals surface area contributed by atoms with Crippen molar-refractivity contribution in [2.75, 3.05) is 7.11 Å². The Bertz CT molecular complexity index is 598. The van der Waals surface area contributed by atoms with Crippen molar-refractivity contribution in [3.8, 4) is 0 Å². The van der Waals surface area contributed by atoms with Gasteiger partial charge in [-0.15, -0.1) is 0 Å². The molecule has 0 bridgehead atoms. The van der Waals surface area contributed by atoms with E-state index in [1.807, 2.05) is 0 Å². The Morgan fingerprint density at radius 2 is 2.00 bits per heavy atom. The van der Waals surface area contributed by atoms with Gasteiger partial charge in [-0.2, -0.15) is 0 Å². The molecule has 1 heterocycles. The number of ether oxygens (including phenoxy) is 1. The highest BCUT2D eigenvalue weighted by Crippen LogP contribution is 2.30. The summed E-state index contributed by atoms with van der Waals surface area (Å²) < 4.78 is 35.6. The van der Waals surface area contributed by atoms with Gasteiger partial charge in [-0.3, -0.25) is 0 Å². The number of hydrogen-bond donors (Lipinski definition) is 1. The van der Waals surface area contributed by atoms with Crippen LogP contribution in [0.4, 0.5) is 8.78 Å². The number of halogens is 2. The van der Waals surface area contributed by atoms with Crippen LogP contribution in [0.1, 0.15) is 40.2 Å². The molecule has 0 radical (unpaired) electrons. The number of carboxylic acids is 1. The molecule has 0 aliphatic carbocycles. The van der Waals surface area contributed by atoms with Crippen LogP contribution in [0.15, 0.2) is 34.7 Å². The molecule has 0 fully saturated rings. The smallest absolute Gasteiger partial charge is 0.374 e. The van der Waals surface area contributed by atoms with Crippen molar-refractivity contribution in [1.82, 2.24) is 4.98 Å². The van der Waals surface area contributed by atoms with Crippen LogP contribution in [0.25, 0.3) is 0 Å². The van der Waals surface area contributed by atoms with E-state index in [2.05, 4.69) is 4.98 Å². The normalized spacial score (nSPS) is 12.6. The summed E-state index contributed by atoms with van der Waals surface area (Å²) in [6.45, 7) is 0.